The Bertz CT molecular complexity index is 556. The van der Waals surface area contributed by atoms with Crippen LogP contribution in [0.25, 0.3) is 11.5 Å². The first-order valence-electron chi connectivity index (χ1n) is 5.89. The quantitative estimate of drug-likeness (QED) is 0.792. The lowest BCUT2D eigenvalue weighted by atomic mass is 10.2. The predicted octanol–water partition coefficient (Wildman–Crippen LogP) is -0.0695. The van der Waals surface area contributed by atoms with Gasteiger partial charge < -0.3 is 19.7 Å². The van der Waals surface area contributed by atoms with Crippen molar-refractivity contribution in [2.24, 2.45) is 0 Å². The summed E-state index contributed by atoms with van der Waals surface area (Å²) in [6, 6.07) is 3.27. The molecule has 2 atom stereocenters. The standard InChI is InChI=1S/C11H13N5O3/c1-18-9-3-2-7(14-15-9)10-13-11(19-16-10)8-4-6(17)5-12-8/h2-3,6,8,12,17H,4-5H2,1H3/t6-,8+/m1/s1. The molecule has 0 amide bonds. The summed E-state index contributed by atoms with van der Waals surface area (Å²) in [4.78, 5) is 4.26. The van der Waals surface area contributed by atoms with Gasteiger partial charge >= 0.3 is 0 Å². The monoisotopic (exact) mass is 263 g/mol. The molecule has 1 saturated heterocycles. The van der Waals surface area contributed by atoms with Crippen LogP contribution in [-0.2, 0) is 0 Å². The van der Waals surface area contributed by atoms with E-state index >= 15 is 0 Å². The van der Waals surface area contributed by atoms with E-state index in [1.807, 2.05) is 0 Å². The van der Waals surface area contributed by atoms with Gasteiger partial charge in [-0.05, 0) is 12.5 Å². The van der Waals surface area contributed by atoms with E-state index in [0.29, 0.717) is 36.3 Å². The Morgan fingerprint density at radius 1 is 1.42 bits per heavy atom. The first-order chi connectivity index (χ1) is 9.26. The Kier molecular flexibility index (Phi) is 3.10. The van der Waals surface area contributed by atoms with Gasteiger partial charge in [-0.3, -0.25) is 0 Å². The Morgan fingerprint density at radius 2 is 2.32 bits per heavy atom. The third-order valence-electron chi connectivity index (χ3n) is 2.93. The van der Waals surface area contributed by atoms with E-state index in [4.69, 9.17) is 9.26 Å². The van der Waals surface area contributed by atoms with Crippen LogP contribution in [0.5, 0.6) is 5.88 Å². The van der Waals surface area contributed by atoms with Crippen LogP contribution in [0.1, 0.15) is 18.4 Å². The van der Waals surface area contributed by atoms with Crippen molar-refractivity contribution in [3.05, 3.63) is 18.0 Å². The van der Waals surface area contributed by atoms with Crippen LogP contribution in [0.2, 0.25) is 0 Å². The molecular formula is C11H13N5O3. The molecule has 0 saturated carbocycles. The van der Waals surface area contributed by atoms with E-state index in [2.05, 4.69) is 25.7 Å². The number of hydrogen-bond donors (Lipinski definition) is 2. The van der Waals surface area contributed by atoms with Crippen molar-refractivity contribution in [1.29, 1.82) is 0 Å². The van der Waals surface area contributed by atoms with Crippen LogP contribution in [0.4, 0.5) is 0 Å². The molecule has 2 N–H and O–H groups in total. The van der Waals surface area contributed by atoms with Gasteiger partial charge in [-0.1, -0.05) is 5.16 Å². The molecular weight excluding hydrogens is 250 g/mol. The van der Waals surface area contributed by atoms with Gasteiger partial charge in [-0.15, -0.1) is 10.2 Å². The molecule has 19 heavy (non-hydrogen) atoms. The summed E-state index contributed by atoms with van der Waals surface area (Å²) in [5, 5.41) is 24.2. The molecule has 2 aromatic heterocycles. The Hall–Kier alpha value is -2.06. The van der Waals surface area contributed by atoms with E-state index in [1.54, 1.807) is 12.1 Å². The highest BCUT2D eigenvalue weighted by Gasteiger charge is 2.28. The number of aromatic nitrogens is 4. The van der Waals surface area contributed by atoms with Crippen LogP contribution in [0.15, 0.2) is 16.7 Å². The Morgan fingerprint density at radius 3 is 2.95 bits per heavy atom. The number of ether oxygens (including phenoxy) is 1. The molecule has 3 heterocycles. The molecule has 2 aromatic rings. The second kappa shape index (κ2) is 4.90. The molecule has 0 unspecified atom stereocenters. The molecule has 1 aliphatic heterocycles. The molecule has 1 aliphatic rings. The minimum atomic E-state index is -0.374. The zero-order chi connectivity index (χ0) is 13.2. The second-order valence-electron chi connectivity index (χ2n) is 4.27. The molecule has 3 rings (SSSR count). The van der Waals surface area contributed by atoms with Crippen molar-refractivity contribution >= 4 is 0 Å². The smallest absolute Gasteiger partial charge is 0.244 e. The van der Waals surface area contributed by atoms with Crippen molar-refractivity contribution in [3.63, 3.8) is 0 Å². The highest BCUT2D eigenvalue weighted by molar-refractivity contribution is 5.47. The maximum absolute atomic E-state index is 9.45. The van der Waals surface area contributed by atoms with Crippen molar-refractivity contribution in [3.8, 4) is 17.4 Å². The summed E-state index contributed by atoms with van der Waals surface area (Å²) >= 11 is 0. The number of nitrogens with zero attached hydrogens (tertiary/aromatic N) is 4. The van der Waals surface area contributed by atoms with Gasteiger partial charge in [-0.2, -0.15) is 4.98 Å². The SMILES string of the molecule is COc1ccc(-c2noc([C@@H]3C[C@@H](O)CN3)n2)nn1. The molecule has 0 bridgehead atoms. The van der Waals surface area contributed by atoms with E-state index in [-0.39, 0.29) is 12.1 Å². The largest absolute Gasteiger partial charge is 0.480 e. The topological polar surface area (TPSA) is 106 Å². The van der Waals surface area contributed by atoms with E-state index in [9.17, 15) is 5.11 Å². The normalized spacial score (nSPS) is 22.6. The lowest BCUT2D eigenvalue weighted by molar-refractivity contribution is 0.191. The molecule has 0 radical (unpaired) electrons. The first kappa shape index (κ1) is 12.0. The fourth-order valence-corrected chi connectivity index (χ4v) is 1.93. The fraction of sp³-hybridized carbons (Fsp3) is 0.455. The average molecular weight is 263 g/mol. The van der Waals surface area contributed by atoms with Crippen LogP contribution in [0.3, 0.4) is 0 Å². The number of rotatable bonds is 3. The zero-order valence-electron chi connectivity index (χ0n) is 10.3. The van der Waals surface area contributed by atoms with Gasteiger partial charge in [0.1, 0.15) is 5.69 Å². The number of aliphatic hydroxyl groups is 1. The second-order valence-corrected chi connectivity index (χ2v) is 4.27. The van der Waals surface area contributed by atoms with Gasteiger partial charge in [0.05, 0.1) is 19.3 Å². The van der Waals surface area contributed by atoms with E-state index in [0.717, 1.165) is 0 Å². The summed E-state index contributed by atoms with van der Waals surface area (Å²) in [5.74, 6) is 1.24. The van der Waals surface area contributed by atoms with Gasteiger partial charge in [0.15, 0.2) is 0 Å². The van der Waals surface area contributed by atoms with Crippen molar-refractivity contribution in [2.45, 2.75) is 18.6 Å². The maximum atomic E-state index is 9.45. The highest BCUT2D eigenvalue weighted by atomic mass is 16.5. The molecule has 8 nitrogen and oxygen atoms in total. The predicted molar refractivity (Wildman–Crippen MR) is 63.2 cm³/mol. The lowest BCUT2D eigenvalue weighted by Gasteiger charge is -2.01. The average Bonchev–Trinajstić information content (AvgIpc) is 3.07. The molecule has 8 heteroatoms. The maximum Gasteiger partial charge on any atom is 0.244 e. The van der Waals surface area contributed by atoms with Crippen molar-refractivity contribution in [1.82, 2.24) is 25.7 Å². The number of nitrogens with one attached hydrogen (secondary N) is 1. The summed E-state index contributed by atoms with van der Waals surface area (Å²) in [6.07, 6.45) is 0.191. The summed E-state index contributed by atoms with van der Waals surface area (Å²) in [7, 11) is 1.52. The van der Waals surface area contributed by atoms with Gasteiger partial charge in [0.2, 0.25) is 17.6 Å². The molecule has 0 spiro atoms. The fourth-order valence-electron chi connectivity index (χ4n) is 1.93. The lowest BCUT2D eigenvalue weighted by Crippen LogP contribution is -2.15. The van der Waals surface area contributed by atoms with Crippen LogP contribution >= 0.6 is 0 Å². The summed E-state index contributed by atoms with van der Waals surface area (Å²) in [5.41, 5.74) is 0.509. The minimum Gasteiger partial charge on any atom is -0.480 e. The van der Waals surface area contributed by atoms with Crippen LogP contribution < -0.4 is 10.1 Å². The number of methoxy groups -OCH3 is 1. The third-order valence-corrected chi connectivity index (χ3v) is 2.93. The third kappa shape index (κ3) is 2.40. The first-order valence-corrected chi connectivity index (χ1v) is 5.89. The van der Waals surface area contributed by atoms with Gasteiger partial charge in [0.25, 0.3) is 0 Å². The van der Waals surface area contributed by atoms with Crippen LogP contribution in [-0.4, -0.2) is 45.2 Å². The Balaban J connectivity index is 1.80. The van der Waals surface area contributed by atoms with Crippen molar-refractivity contribution < 1.29 is 14.4 Å². The van der Waals surface area contributed by atoms with Gasteiger partial charge in [0, 0.05) is 12.6 Å². The zero-order valence-corrected chi connectivity index (χ0v) is 10.3. The van der Waals surface area contributed by atoms with E-state index < -0.39 is 0 Å². The number of aliphatic hydroxyl groups excluding tert-OH is 1. The van der Waals surface area contributed by atoms with Crippen molar-refractivity contribution in [2.75, 3.05) is 13.7 Å². The van der Waals surface area contributed by atoms with E-state index in [1.165, 1.54) is 7.11 Å². The Labute approximate surface area is 108 Å². The summed E-state index contributed by atoms with van der Waals surface area (Å²) in [6.45, 7) is 0.532. The molecule has 100 valence electrons. The van der Waals surface area contributed by atoms with Crippen LogP contribution in [0, 0.1) is 0 Å². The molecule has 0 aliphatic carbocycles. The van der Waals surface area contributed by atoms with Gasteiger partial charge in [-0.25, -0.2) is 0 Å². The highest BCUT2D eigenvalue weighted by Crippen LogP contribution is 2.23. The summed E-state index contributed by atoms with van der Waals surface area (Å²) < 4.78 is 10.1. The number of β-amino-alcohol motifs (C(OH)–C–C–N with tert-alkyl or cyclic N) is 1. The number of hydrogen-bond acceptors (Lipinski definition) is 8. The minimum absolute atomic E-state index is 0.109. The molecule has 1 fully saturated rings. The molecule has 0 aromatic carbocycles.